The first-order chi connectivity index (χ1) is 7.20. The summed E-state index contributed by atoms with van der Waals surface area (Å²) in [4.78, 5) is 21.6. The maximum absolute atomic E-state index is 10.9. The van der Waals surface area contributed by atoms with Gasteiger partial charge in [-0.05, 0) is 25.7 Å². The molecule has 15 heavy (non-hydrogen) atoms. The van der Waals surface area contributed by atoms with Crippen LogP contribution in [0.4, 0.5) is 0 Å². The minimum atomic E-state index is -0.245. The summed E-state index contributed by atoms with van der Waals surface area (Å²) < 4.78 is 4.50. The number of rotatable bonds is 6. The lowest BCUT2D eigenvalue weighted by atomic mass is 10.2. The lowest BCUT2D eigenvalue weighted by molar-refractivity contribution is -0.140. The van der Waals surface area contributed by atoms with Gasteiger partial charge in [-0.3, -0.25) is 9.59 Å². The second-order valence-corrected chi connectivity index (χ2v) is 3.02. The number of esters is 1. The van der Waals surface area contributed by atoms with Gasteiger partial charge in [0, 0.05) is 13.0 Å². The fraction of sp³-hybridized carbons (Fsp3) is 0.636. The van der Waals surface area contributed by atoms with Crippen molar-refractivity contribution >= 4 is 11.9 Å². The molecule has 0 saturated carbocycles. The molecule has 0 aromatic carbocycles. The number of nitrogens with one attached hydrogen (secondary N) is 1. The normalized spacial score (nSPS) is 8.67. The quantitative estimate of drug-likeness (QED) is 0.403. The largest absolute Gasteiger partial charge is 0.469 e. The number of unbranched alkanes of at least 4 members (excludes halogenated alkanes) is 2. The van der Waals surface area contributed by atoms with E-state index >= 15 is 0 Å². The van der Waals surface area contributed by atoms with Crippen LogP contribution >= 0.6 is 0 Å². The van der Waals surface area contributed by atoms with E-state index in [2.05, 4.69) is 21.9 Å². The van der Waals surface area contributed by atoms with Gasteiger partial charge in [-0.1, -0.05) is 12.3 Å². The number of carbonyl (C=O) groups excluding carboxylic acids is 2. The molecule has 84 valence electrons. The van der Waals surface area contributed by atoms with Gasteiger partial charge in [-0.15, -0.1) is 0 Å². The molecule has 0 radical (unpaired) electrons. The van der Waals surface area contributed by atoms with E-state index in [0.717, 1.165) is 19.3 Å². The van der Waals surface area contributed by atoms with Gasteiger partial charge in [0.1, 0.15) is 0 Å². The van der Waals surface area contributed by atoms with E-state index in [4.69, 9.17) is 0 Å². The van der Waals surface area contributed by atoms with E-state index in [1.165, 1.54) is 7.11 Å². The Morgan fingerprint density at radius 3 is 2.60 bits per heavy atom. The first-order valence-electron chi connectivity index (χ1n) is 4.98. The molecule has 0 aliphatic carbocycles. The second kappa shape index (κ2) is 9.07. The van der Waals surface area contributed by atoms with Crippen molar-refractivity contribution in [1.82, 2.24) is 5.32 Å². The Hall–Kier alpha value is -1.50. The van der Waals surface area contributed by atoms with Gasteiger partial charge >= 0.3 is 5.97 Å². The average molecular weight is 211 g/mol. The Balaban J connectivity index is 3.28. The smallest absolute Gasteiger partial charge is 0.305 e. The molecule has 0 atom stereocenters. The number of amides is 1. The summed E-state index contributed by atoms with van der Waals surface area (Å²) in [6.07, 6.45) is 2.99. The second-order valence-electron chi connectivity index (χ2n) is 3.02. The molecule has 0 fully saturated rings. The molecular formula is C11H17NO3. The Bertz CT molecular complexity index is 263. The predicted molar refractivity (Wildman–Crippen MR) is 56.9 cm³/mol. The number of methoxy groups -OCH3 is 1. The van der Waals surface area contributed by atoms with Crippen LogP contribution in [0.1, 0.15) is 32.6 Å². The topological polar surface area (TPSA) is 55.4 Å². The van der Waals surface area contributed by atoms with Crippen LogP contribution in [0.25, 0.3) is 0 Å². The Morgan fingerprint density at radius 1 is 1.27 bits per heavy atom. The SMILES string of the molecule is CC#CC(=O)NCCCCCC(=O)OC. The molecule has 0 bridgehead atoms. The maximum Gasteiger partial charge on any atom is 0.305 e. The maximum atomic E-state index is 10.9. The van der Waals surface area contributed by atoms with Crippen molar-refractivity contribution in [1.29, 1.82) is 0 Å². The zero-order valence-electron chi connectivity index (χ0n) is 9.26. The highest BCUT2D eigenvalue weighted by molar-refractivity contribution is 5.93. The van der Waals surface area contributed by atoms with E-state index in [1.54, 1.807) is 6.92 Å². The van der Waals surface area contributed by atoms with E-state index in [9.17, 15) is 9.59 Å². The summed E-state index contributed by atoms with van der Waals surface area (Å²) in [5, 5.41) is 2.66. The molecule has 0 unspecified atom stereocenters. The standard InChI is InChI=1S/C11H17NO3/c1-3-7-10(13)12-9-6-4-5-8-11(14)15-2/h4-6,8-9H2,1-2H3,(H,12,13). The van der Waals surface area contributed by atoms with Crippen molar-refractivity contribution in [2.24, 2.45) is 0 Å². The van der Waals surface area contributed by atoms with Crippen molar-refractivity contribution in [3.63, 3.8) is 0 Å². The highest BCUT2D eigenvalue weighted by Crippen LogP contribution is 1.99. The summed E-state index contributed by atoms with van der Waals surface area (Å²) in [5.74, 6) is 4.48. The lowest BCUT2D eigenvalue weighted by Gasteiger charge is -2.01. The molecule has 4 nitrogen and oxygen atoms in total. The highest BCUT2D eigenvalue weighted by Gasteiger charge is 1.99. The highest BCUT2D eigenvalue weighted by atomic mass is 16.5. The van der Waals surface area contributed by atoms with Crippen molar-refractivity contribution in [3.05, 3.63) is 0 Å². The Labute approximate surface area is 90.4 Å². The van der Waals surface area contributed by atoms with Gasteiger partial charge in [-0.2, -0.15) is 0 Å². The fourth-order valence-corrected chi connectivity index (χ4v) is 1.03. The molecule has 1 amide bonds. The summed E-state index contributed by atoms with van der Waals surface area (Å²) in [5.41, 5.74) is 0. The average Bonchev–Trinajstić information content (AvgIpc) is 2.23. The molecule has 0 rings (SSSR count). The van der Waals surface area contributed by atoms with E-state index in [1.807, 2.05) is 0 Å². The summed E-state index contributed by atoms with van der Waals surface area (Å²) in [7, 11) is 1.38. The van der Waals surface area contributed by atoms with E-state index in [-0.39, 0.29) is 11.9 Å². The third-order valence-corrected chi connectivity index (χ3v) is 1.81. The predicted octanol–water partition coefficient (Wildman–Crippen LogP) is 0.859. The summed E-state index contributed by atoms with van der Waals surface area (Å²) in [6.45, 7) is 2.23. The first-order valence-corrected chi connectivity index (χ1v) is 4.98. The summed E-state index contributed by atoms with van der Waals surface area (Å²) >= 11 is 0. The van der Waals surface area contributed by atoms with Gasteiger partial charge in [0.2, 0.25) is 0 Å². The van der Waals surface area contributed by atoms with Crippen molar-refractivity contribution < 1.29 is 14.3 Å². The molecular weight excluding hydrogens is 194 g/mol. The molecule has 0 saturated heterocycles. The molecule has 0 heterocycles. The number of hydrogen-bond donors (Lipinski definition) is 1. The van der Waals surface area contributed by atoms with Gasteiger partial charge < -0.3 is 10.1 Å². The molecule has 0 aromatic rings. The van der Waals surface area contributed by atoms with Crippen LogP contribution in [0.3, 0.4) is 0 Å². The van der Waals surface area contributed by atoms with Crippen LogP contribution in [-0.2, 0) is 14.3 Å². The van der Waals surface area contributed by atoms with Gasteiger partial charge in [0.25, 0.3) is 5.91 Å². The molecule has 0 aliphatic heterocycles. The molecule has 1 N–H and O–H groups in total. The minimum absolute atomic E-state index is 0.184. The Morgan fingerprint density at radius 2 is 2.00 bits per heavy atom. The third kappa shape index (κ3) is 8.82. The zero-order valence-corrected chi connectivity index (χ0v) is 9.26. The molecule has 0 aromatic heterocycles. The number of carbonyl (C=O) groups is 2. The minimum Gasteiger partial charge on any atom is -0.469 e. The molecule has 0 aliphatic rings. The lowest BCUT2D eigenvalue weighted by Crippen LogP contribution is -2.22. The van der Waals surface area contributed by atoms with Gasteiger partial charge in [0.05, 0.1) is 7.11 Å². The van der Waals surface area contributed by atoms with E-state index in [0.29, 0.717) is 13.0 Å². The fourth-order valence-electron chi connectivity index (χ4n) is 1.03. The van der Waals surface area contributed by atoms with Crippen LogP contribution in [0.2, 0.25) is 0 Å². The van der Waals surface area contributed by atoms with Crippen LogP contribution in [0, 0.1) is 11.8 Å². The monoisotopic (exact) mass is 211 g/mol. The van der Waals surface area contributed by atoms with Crippen LogP contribution in [0.5, 0.6) is 0 Å². The first kappa shape index (κ1) is 13.5. The van der Waals surface area contributed by atoms with E-state index < -0.39 is 0 Å². The van der Waals surface area contributed by atoms with Crippen molar-refractivity contribution in [2.45, 2.75) is 32.6 Å². The van der Waals surface area contributed by atoms with Crippen LogP contribution in [0.15, 0.2) is 0 Å². The zero-order chi connectivity index (χ0) is 11.5. The Kier molecular flexibility index (Phi) is 8.16. The van der Waals surface area contributed by atoms with Crippen LogP contribution in [-0.4, -0.2) is 25.5 Å². The third-order valence-electron chi connectivity index (χ3n) is 1.81. The number of ether oxygens (including phenoxy) is 1. The van der Waals surface area contributed by atoms with Crippen molar-refractivity contribution in [2.75, 3.05) is 13.7 Å². The van der Waals surface area contributed by atoms with Crippen LogP contribution < -0.4 is 5.32 Å². The molecule has 0 spiro atoms. The number of hydrogen-bond acceptors (Lipinski definition) is 3. The van der Waals surface area contributed by atoms with Gasteiger partial charge in [-0.25, -0.2) is 0 Å². The summed E-state index contributed by atoms with van der Waals surface area (Å²) in [6, 6.07) is 0. The van der Waals surface area contributed by atoms with Gasteiger partial charge in [0.15, 0.2) is 0 Å². The van der Waals surface area contributed by atoms with Crippen molar-refractivity contribution in [3.8, 4) is 11.8 Å². The molecule has 4 heteroatoms.